The van der Waals surface area contributed by atoms with Gasteiger partial charge in [-0.1, -0.05) is 18.2 Å². The molecule has 0 unspecified atom stereocenters. The third kappa shape index (κ3) is 3.17. The summed E-state index contributed by atoms with van der Waals surface area (Å²) < 4.78 is 1.07. The van der Waals surface area contributed by atoms with Gasteiger partial charge in [0.25, 0.3) is 5.91 Å². The molecule has 0 fully saturated rings. The van der Waals surface area contributed by atoms with Crippen LogP contribution in [0.2, 0.25) is 0 Å². The van der Waals surface area contributed by atoms with Crippen LogP contribution < -0.4 is 5.32 Å². The fraction of sp³-hybridized carbons (Fsp3) is 0.333. The molecule has 0 saturated heterocycles. The fourth-order valence-electron chi connectivity index (χ4n) is 1.78. The van der Waals surface area contributed by atoms with Crippen LogP contribution in [-0.4, -0.2) is 23.5 Å². The van der Waals surface area contributed by atoms with E-state index in [1.54, 1.807) is 13.8 Å². The number of rotatable bonds is 5. The van der Waals surface area contributed by atoms with E-state index >= 15 is 0 Å². The molecule has 2 rings (SSSR count). The second kappa shape index (κ2) is 5.63. The van der Waals surface area contributed by atoms with Gasteiger partial charge in [-0.15, -0.1) is 11.3 Å². The van der Waals surface area contributed by atoms with Crippen LogP contribution in [0.1, 0.15) is 29.9 Å². The lowest BCUT2D eigenvalue weighted by atomic mass is 9.90. The number of hydrogen-bond acceptors (Lipinski definition) is 3. The number of amides is 1. The highest BCUT2D eigenvalue weighted by Crippen LogP contribution is 2.25. The molecule has 0 aliphatic rings. The van der Waals surface area contributed by atoms with E-state index < -0.39 is 11.4 Å². The molecule has 1 amide bonds. The Morgan fingerprint density at radius 3 is 2.65 bits per heavy atom. The van der Waals surface area contributed by atoms with Crippen molar-refractivity contribution in [1.29, 1.82) is 0 Å². The number of carbonyl (C=O) groups is 2. The molecule has 1 aromatic heterocycles. The molecule has 20 heavy (non-hydrogen) atoms. The summed E-state index contributed by atoms with van der Waals surface area (Å²) in [5.41, 5.74) is -0.826. The second-order valence-electron chi connectivity index (χ2n) is 5.34. The number of thiophene rings is 1. The van der Waals surface area contributed by atoms with Crippen molar-refractivity contribution < 1.29 is 14.7 Å². The Hall–Kier alpha value is -1.88. The fourth-order valence-corrected chi connectivity index (χ4v) is 2.76. The van der Waals surface area contributed by atoms with Gasteiger partial charge in [0.2, 0.25) is 0 Å². The van der Waals surface area contributed by atoms with Crippen molar-refractivity contribution in [2.45, 2.75) is 20.3 Å². The van der Waals surface area contributed by atoms with Gasteiger partial charge in [0, 0.05) is 11.2 Å². The highest BCUT2D eigenvalue weighted by molar-refractivity contribution is 7.20. The third-order valence-electron chi connectivity index (χ3n) is 3.26. The zero-order chi connectivity index (χ0) is 14.8. The molecule has 4 nitrogen and oxygen atoms in total. The van der Waals surface area contributed by atoms with Crippen LogP contribution >= 0.6 is 11.3 Å². The van der Waals surface area contributed by atoms with Gasteiger partial charge in [0.15, 0.2) is 0 Å². The monoisotopic (exact) mass is 291 g/mol. The van der Waals surface area contributed by atoms with Crippen molar-refractivity contribution >= 4 is 33.3 Å². The first-order valence-corrected chi connectivity index (χ1v) is 7.22. The van der Waals surface area contributed by atoms with E-state index in [0.29, 0.717) is 17.8 Å². The lowest BCUT2D eigenvalue weighted by molar-refractivity contribution is -0.147. The summed E-state index contributed by atoms with van der Waals surface area (Å²) in [6.07, 6.45) is 0.402. The molecule has 0 radical (unpaired) electrons. The highest BCUT2D eigenvalue weighted by atomic mass is 32.1. The summed E-state index contributed by atoms with van der Waals surface area (Å²) in [5.74, 6) is -0.999. The van der Waals surface area contributed by atoms with Crippen molar-refractivity contribution in [2.24, 2.45) is 5.41 Å². The molecule has 0 bridgehead atoms. The first-order valence-electron chi connectivity index (χ1n) is 6.40. The normalized spacial score (nSPS) is 11.5. The molecule has 0 saturated carbocycles. The summed E-state index contributed by atoms with van der Waals surface area (Å²) in [7, 11) is 0. The second-order valence-corrected chi connectivity index (χ2v) is 6.43. The number of benzene rings is 1. The molecule has 1 heterocycles. The number of carboxylic acid groups (broad SMARTS) is 1. The van der Waals surface area contributed by atoms with Gasteiger partial charge in [-0.05, 0) is 37.8 Å². The number of carbonyl (C=O) groups excluding carboxylic acids is 1. The van der Waals surface area contributed by atoms with Gasteiger partial charge in [-0.2, -0.15) is 0 Å². The van der Waals surface area contributed by atoms with Crippen molar-refractivity contribution in [3.8, 4) is 0 Å². The summed E-state index contributed by atoms with van der Waals surface area (Å²) >= 11 is 1.44. The number of hydrogen-bond donors (Lipinski definition) is 2. The van der Waals surface area contributed by atoms with Crippen LogP contribution in [0.4, 0.5) is 0 Å². The van der Waals surface area contributed by atoms with Crippen molar-refractivity contribution in [3.05, 3.63) is 35.2 Å². The van der Waals surface area contributed by atoms with Crippen molar-refractivity contribution in [1.82, 2.24) is 5.32 Å². The predicted molar refractivity (Wildman–Crippen MR) is 80.2 cm³/mol. The minimum absolute atomic E-state index is 0.146. The minimum Gasteiger partial charge on any atom is -0.481 e. The van der Waals surface area contributed by atoms with E-state index in [0.717, 1.165) is 10.1 Å². The van der Waals surface area contributed by atoms with Crippen LogP contribution in [0.15, 0.2) is 30.3 Å². The lowest BCUT2D eigenvalue weighted by Gasteiger charge is -2.18. The maximum atomic E-state index is 12.0. The average molecular weight is 291 g/mol. The molecule has 0 aliphatic carbocycles. The maximum absolute atomic E-state index is 12.0. The van der Waals surface area contributed by atoms with E-state index in [1.165, 1.54) is 11.3 Å². The van der Waals surface area contributed by atoms with E-state index in [4.69, 9.17) is 5.11 Å². The van der Waals surface area contributed by atoms with Gasteiger partial charge in [0.1, 0.15) is 0 Å². The molecule has 5 heteroatoms. The summed E-state index contributed by atoms with van der Waals surface area (Å²) in [6.45, 7) is 3.66. The van der Waals surface area contributed by atoms with Crippen molar-refractivity contribution in [3.63, 3.8) is 0 Å². The van der Waals surface area contributed by atoms with E-state index in [2.05, 4.69) is 5.32 Å². The molecule has 0 atom stereocenters. The topological polar surface area (TPSA) is 66.4 Å². The Morgan fingerprint density at radius 1 is 1.30 bits per heavy atom. The quantitative estimate of drug-likeness (QED) is 0.889. The largest absolute Gasteiger partial charge is 0.481 e. The minimum atomic E-state index is -0.853. The molecule has 2 N–H and O–H groups in total. The van der Waals surface area contributed by atoms with Crippen LogP contribution in [-0.2, 0) is 4.79 Å². The molecular formula is C15H17NO3S. The third-order valence-corrected chi connectivity index (χ3v) is 4.38. The average Bonchev–Trinajstić information content (AvgIpc) is 2.82. The molecule has 1 aromatic carbocycles. The SMILES string of the molecule is CC(C)(CCNC(=O)c1cc2ccccc2s1)C(=O)O. The zero-order valence-corrected chi connectivity index (χ0v) is 12.3. The predicted octanol–water partition coefficient (Wildman–Crippen LogP) is 3.13. The summed E-state index contributed by atoms with van der Waals surface area (Å²) in [4.78, 5) is 23.6. The Balaban J connectivity index is 1.97. The first-order chi connectivity index (χ1) is 9.40. The molecule has 0 spiro atoms. The Morgan fingerprint density at radius 2 is 2.00 bits per heavy atom. The molecule has 106 valence electrons. The van der Waals surface area contributed by atoms with Crippen LogP contribution in [0.25, 0.3) is 10.1 Å². The van der Waals surface area contributed by atoms with Crippen LogP contribution in [0.3, 0.4) is 0 Å². The maximum Gasteiger partial charge on any atom is 0.309 e. The number of nitrogens with one attached hydrogen (secondary N) is 1. The Bertz CT molecular complexity index is 612. The summed E-state index contributed by atoms with van der Waals surface area (Å²) in [6, 6.07) is 9.68. The molecule has 0 aliphatic heterocycles. The standard InChI is InChI=1S/C15H17NO3S/c1-15(2,14(18)19)7-8-16-13(17)12-9-10-5-3-4-6-11(10)20-12/h3-6,9H,7-8H2,1-2H3,(H,16,17)(H,18,19). The van der Waals surface area contributed by atoms with Gasteiger partial charge in [-0.3, -0.25) is 9.59 Å². The van der Waals surface area contributed by atoms with Crippen molar-refractivity contribution in [2.75, 3.05) is 6.54 Å². The molecule has 2 aromatic rings. The van der Waals surface area contributed by atoms with Gasteiger partial charge in [-0.25, -0.2) is 0 Å². The van der Waals surface area contributed by atoms with Gasteiger partial charge < -0.3 is 10.4 Å². The van der Waals surface area contributed by atoms with Gasteiger partial charge >= 0.3 is 5.97 Å². The first kappa shape index (κ1) is 14.5. The Kier molecular flexibility index (Phi) is 4.09. The smallest absolute Gasteiger partial charge is 0.309 e. The number of aliphatic carboxylic acids is 1. The highest BCUT2D eigenvalue weighted by Gasteiger charge is 2.26. The van der Waals surface area contributed by atoms with E-state index in [1.807, 2.05) is 30.3 Å². The Labute approximate surface area is 121 Å². The van der Waals surface area contributed by atoms with E-state index in [-0.39, 0.29) is 5.91 Å². The summed E-state index contributed by atoms with van der Waals surface area (Å²) in [5, 5.41) is 12.8. The van der Waals surface area contributed by atoms with E-state index in [9.17, 15) is 9.59 Å². The van der Waals surface area contributed by atoms with Gasteiger partial charge in [0.05, 0.1) is 10.3 Å². The van der Waals surface area contributed by atoms with Crippen LogP contribution in [0.5, 0.6) is 0 Å². The number of fused-ring (bicyclic) bond motifs is 1. The van der Waals surface area contributed by atoms with Crippen LogP contribution in [0, 0.1) is 5.41 Å². The molecular weight excluding hydrogens is 274 g/mol. The zero-order valence-electron chi connectivity index (χ0n) is 11.5. The number of carboxylic acids is 1. The lowest BCUT2D eigenvalue weighted by Crippen LogP contribution is -2.31.